The Morgan fingerprint density at radius 1 is 1.10 bits per heavy atom. The third-order valence-electron chi connectivity index (χ3n) is 5.67. The summed E-state index contributed by atoms with van der Waals surface area (Å²) in [6, 6.07) is 11.7. The number of hydrogen-bond acceptors (Lipinski definition) is 1. The van der Waals surface area contributed by atoms with Gasteiger partial charge < -0.3 is 9.47 Å². The molecule has 1 spiro atoms. The number of fused-ring (bicyclic) bond motifs is 2. The molecule has 2 heteroatoms. The van der Waals surface area contributed by atoms with Crippen LogP contribution in [0.3, 0.4) is 0 Å². The van der Waals surface area contributed by atoms with Crippen LogP contribution in [-0.4, -0.2) is 4.57 Å². The third kappa shape index (κ3) is 1.59. The van der Waals surface area contributed by atoms with E-state index in [1.807, 2.05) is 0 Å². The first-order valence-electron chi connectivity index (χ1n) is 8.16. The molecule has 1 aromatic carbocycles. The van der Waals surface area contributed by atoms with Crippen LogP contribution in [0, 0.1) is 6.92 Å². The normalized spacial score (nSPS) is 23.0. The summed E-state index contributed by atoms with van der Waals surface area (Å²) in [5, 5.41) is 0. The molecule has 2 heterocycles. The fraction of sp³-hybridized carbons (Fsp3) is 0.474. The molecule has 110 valence electrons. The highest BCUT2D eigenvalue weighted by molar-refractivity contribution is 5.63. The molecule has 1 fully saturated rings. The van der Waals surface area contributed by atoms with Gasteiger partial charge in [-0.05, 0) is 44.4 Å². The van der Waals surface area contributed by atoms with Crippen molar-refractivity contribution in [1.82, 2.24) is 4.57 Å². The number of rotatable bonds is 1. The summed E-state index contributed by atoms with van der Waals surface area (Å²) in [4.78, 5) is 2.72. The first-order chi connectivity index (χ1) is 10.1. The van der Waals surface area contributed by atoms with E-state index in [2.05, 4.69) is 66.9 Å². The standard InChI is InChI=1S/C19H24N2/c1-14-8-4-5-9-17(14)21-15(2)18-16(10-13-20(18)3)19(21)11-6-7-12-19/h4-5,8-10,13,15H,6-7,11-12H2,1-3H3. The lowest BCUT2D eigenvalue weighted by Gasteiger charge is -2.41. The minimum Gasteiger partial charge on any atom is -0.353 e. The van der Waals surface area contributed by atoms with Gasteiger partial charge in [-0.15, -0.1) is 0 Å². The summed E-state index contributed by atoms with van der Waals surface area (Å²) in [5.41, 5.74) is 6.15. The SMILES string of the molecule is Cc1ccccc1N1C(C)c2c(ccn2C)C12CCCC2. The van der Waals surface area contributed by atoms with Gasteiger partial charge in [-0.3, -0.25) is 0 Å². The highest BCUT2D eigenvalue weighted by Crippen LogP contribution is 2.56. The van der Waals surface area contributed by atoms with Crippen molar-refractivity contribution in [2.45, 2.75) is 51.1 Å². The van der Waals surface area contributed by atoms with Gasteiger partial charge >= 0.3 is 0 Å². The summed E-state index contributed by atoms with van der Waals surface area (Å²) < 4.78 is 2.33. The summed E-state index contributed by atoms with van der Waals surface area (Å²) in [5.74, 6) is 0. The van der Waals surface area contributed by atoms with E-state index in [1.54, 1.807) is 5.56 Å². The fourth-order valence-corrected chi connectivity index (χ4v) is 4.82. The van der Waals surface area contributed by atoms with Crippen LogP contribution in [0.15, 0.2) is 36.5 Å². The van der Waals surface area contributed by atoms with E-state index in [0.29, 0.717) is 6.04 Å². The van der Waals surface area contributed by atoms with E-state index < -0.39 is 0 Å². The van der Waals surface area contributed by atoms with Crippen LogP contribution in [0.4, 0.5) is 5.69 Å². The Morgan fingerprint density at radius 2 is 1.81 bits per heavy atom. The van der Waals surface area contributed by atoms with Crippen LogP contribution in [-0.2, 0) is 12.6 Å². The molecule has 0 amide bonds. The highest BCUT2D eigenvalue weighted by Gasteiger charge is 2.51. The minimum atomic E-state index is 0.238. The van der Waals surface area contributed by atoms with Crippen LogP contribution < -0.4 is 4.90 Å². The maximum absolute atomic E-state index is 2.72. The molecule has 1 aliphatic heterocycles. The molecule has 1 unspecified atom stereocenters. The molecule has 2 aliphatic rings. The Bertz CT molecular complexity index is 677. The van der Waals surface area contributed by atoms with E-state index >= 15 is 0 Å². The number of para-hydroxylation sites is 1. The summed E-state index contributed by atoms with van der Waals surface area (Å²) >= 11 is 0. The van der Waals surface area contributed by atoms with Gasteiger partial charge in [0, 0.05) is 30.2 Å². The van der Waals surface area contributed by atoms with Gasteiger partial charge in [0.05, 0.1) is 11.6 Å². The van der Waals surface area contributed by atoms with Crippen molar-refractivity contribution in [2.75, 3.05) is 4.90 Å². The smallest absolute Gasteiger partial charge is 0.0679 e. The van der Waals surface area contributed by atoms with Crippen LogP contribution in [0.2, 0.25) is 0 Å². The van der Waals surface area contributed by atoms with Crippen LogP contribution in [0.5, 0.6) is 0 Å². The molecule has 2 nitrogen and oxygen atoms in total. The number of nitrogens with zero attached hydrogens (tertiary/aromatic N) is 2. The Kier molecular flexibility index (Phi) is 2.72. The first-order valence-corrected chi connectivity index (χ1v) is 8.16. The van der Waals surface area contributed by atoms with Crippen LogP contribution in [0.25, 0.3) is 0 Å². The molecular formula is C19H24N2. The van der Waals surface area contributed by atoms with Gasteiger partial charge in [0.15, 0.2) is 0 Å². The molecular weight excluding hydrogens is 256 g/mol. The second-order valence-corrected chi connectivity index (χ2v) is 6.80. The topological polar surface area (TPSA) is 8.17 Å². The number of anilines is 1. The molecule has 0 bridgehead atoms. The second kappa shape index (κ2) is 4.40. The zero-order chi connectivity index (χ0) is 14.6. The average molecular weight is 280 g/mol. The van der Waals surface area contributed by atoms with Gasteiger partial charge in [-0.2, -0.15) is 0 Å². The van der Waals surface area contributed by atoms with E-state index in [-0.39, 0.29) is 5.54 Å². The number of hydrogen-bond donors (Lipinski definition) is 0. The number of benzene rings is 1. The largest absolute Gasteiger partial charge is 0.353 e. The van der Waals surface area contributed by atoms with Crippen LogP contribution >= 0.6 is 0 Å². The molecule has 4 rings (SSSR count). The molecule has 1 atom stereocenters. The maximum Gasteiger partial charge on any atom is 0.0679 e. The summed E-state index contributed by atoms with van der Waals surface area (Å²) in [7, 11) is 2.19. The Hall–Kier alpha value is -1.70. The van der Waals surface area contributed by atoms with Gasteiger partial charge in [0.1, 0.15) is 0 Å². The molecule has 21 heavy (non-hydrogen) atoms. The Morgan fingerprint density at radius 3 is 2.52 bits per heavy atom. The van der Waals surface area contributed by atoms with Crippen molar-refractivity contribution in [3.8, 4) is 0 Å². The van der Waals surface area contributed by atoms with E-state index in [4.69, 9.17) is 0 Å². The Balaban J connectivity index is 1.93. The molecule has 0 N–H and O–H groups in total. The molecule has 1 saturated carbocycles. The number of aryl methyl sites for hydroxylation is 2. The van der Waals surface area contributed by atoms with Crippen LogP contribution in [0.1, 0.15) is 55.5 Å². The van der Waals surface area contributed by atoms with Gasteiger partial charge in [-0.1, -0.05) is 31.0 Å². The molecule has 2 aromatic rings. The van der Waals surface area contributed by atoms with Gasteiger partial charge in [-0.25, -0.2) is 0 Å². The van der Waals surface area contributed by atoms with Crippen molar-refractivity contribution in [1.29, 1.82) is 0 Å². The van der Waals surface area contributed by atoms with Gasteiger partial charge in [0.2, 0.25) is 0 Å². The third-order valence-corrected chi connectivity index (χ3v) is 5.67. The summed E-state index contributed by atoms with van der Waals surface area (Å²) in [6.07, 6.45) is 7.54. The lowest BCUT2D eigenvalue weighted by molar-refractivity contribution is 0.414. The summed E-state index contributed by atoms with van der Waals surface area (Å²) in [6.45, 7) is 4.62. The van der Waals surface area contributed by atoms with Gasteiger partial charge in [0.25, 0.3) is 0 Å². The first kappa shape index (κ1) is 13.0. The molecule has 1 aliphatic carbocycles. The van der Waals surface area contributed by atoms with Crippen molar-refractivity contribution < 1.29 is 0 Å². The predicted octanol–water partition coefficient (Wildman–Crippen LogP) is 4.68. The van der Waals surface area contributed by atoms with Crippen molar-refractivity contribution in [3.63, 3.8) is 0 Å². The molecule has 1 aromatic heterocycles. The van der Waals surface area contributed by atoms with E-state index in [0.717, 1.165) is 0 Å². The molecule has 0 radical (unpaired) electrons. The highest BCUT2D eigenvalue weighted by atomic mass is 15.3. The average Bonchev–Trinajstić information content (AvgIpc) is 3.13. The zero-order valence-electron chi connectivity index (χ0n) is 13.3. The second-order valence-electron chi connectivity index (χ2n) is 6.80. The lowest BCUT2D eigenvalue weighted by Crippen LogP contribution is -2.40. The number of aromatic nitrogens is 1. The Labute approximate surface area is 127 Å². The van der Waals surface area contributed by atoms with Crippen molar-refractivity contribution in [2.24, 2.45) is 7.05 Å². The zero-order valence-corrected chi connectivity index (χ0v) is 13.3. The predicted molar refractivity (Wildman–Crippen MR) is 87.6 cm³/mol. The fourth-order valence-electron chi connectivity index (χ4n) is 4.82. The minimum absolute atomic E-state index is 0.238. The molecule has 0 saturated heterocycles. The van der Waals surface area contributed by atoms with Crippen molar-refractivity contribution >= 4 is 5.69 Å². The van der Waals surface area contributed by atoms with Crippen molar-refractivity contribution in [3.05, 3.63) is 53.3 Å². The van der Waals surface area contributed by atoms with E-state index in [1.165, 1.54) is 42.6 Å². The lowest BCUT2D eigenvalue weighted by atomic mass is 9.89. The van der Waals surface area contributed by atoms with E-state index in [9.17, 15) is 0 Å². The quantitative estimate of drug-likeness (QED) is 0.736. The maximum atomic E-state index is 2.72. The monoisotopic (exact) mass is 280 g/mol.